The minimum Gasteiger partial charge on any atom is -0.376 e. The molecule has 1 atom stereocenters. The highest BCUT2D eigenvalue weighted by Gasteiger charge is 2.26. The van der Waals surface area contributed by atoms with E-state index in [-0.39, 0.29) is 23.5 Å². The molecule has 0 aliphatic carbocycles. The Labute approximate surface area is 175 Å². The number of nitro groups is 1. The van der Waals surface area contributed by atoms with Gasteiger partial charge in [-0.15, -0.1) is 11.8 Å². The molecule has 7 nitrogen and oxygen atoms in total. The topological polar surface area (TPSA) is 85.6 Å². The number of ether oxygens (including phenoxy) is 1. The van der Waals surface area contributed by atoms with Gasteiger partial charge >= 0.3 is 0 Å². The second kappa shape index (κ2) is 8.89. The number of fused-ring (bicyclic) bond motifs is 1. The first-order valence-electron chi connectivity index (χ1n) is 9.25. The zero-order valence-corrected chi connectivity index (χ0v) is 17.2. The Morgan fingerprint density at radius 1 is 1.28 bits per heavy atom. The van der Waals surface area contributed by atoms with Crippen LogP contribution in [0.1, 0.15) is 12.8 Å². The molecule has 0 saturated carbocycles. The molecule has 0 N–H and O–H groups in total. The molecular weight excluding hydrogens is 410 g/mol. The van der Waals surface area contributed by atoms with Crippen molar-refractivity contribution in [1.82, 2.24) is 4.98 Å². The largest absolute Gasteiger partial charge is 0.376 e. The molecule has 150 valence electrons. The average Bonchev–Trinajstić information content (AvgIpc) is 3.39. The molecule has 1 fully saturated rings. The maximum Gasteiger partial charge on any atom is 0.269 e. The Kier molecular flexibility index (Phi) is 6.08. The summed E-state index contributed by atoms with van der Waals surface area (Å²) in [6.45, 7) is 1.21. The van der Waals surface area contributed by atoms with E-state index in [2.05, 4.69) is 4.98 Å². The Hall–Kier alpha value is -2.49. The number of thioether (sulfide) groups is 1. The molecule has 3 aromatic rings. The number of aromatic nitrogens is 1. The van der Waals surface area contributed by atoms with Gasteiger partial charge in [0.25, 0.3) is 5.69 Å². The molecule has 0 bridgehead atoms. The first kappa shape index (κ1) is 19.8. The Bertz CT molecular complexity index is 983. The Morgan fingerprint density at radius 2 is 2.07 bits per heavy atom. The van der Waals surface area contributed by atoms with Crippen LogP contribution in [0.4, 0.5) is 10.8 Å². The van der Waals surface area contributed by atoms with E-state index < -0.39 is 4.92 Å². The lowest BCUT2D eigenvalue weighted by molar-refractivity contribution is -0.384. The fraction of sp³-hybridized carbons (Fsp3) is 0.300. The van der Waals surface area contributed by atoms with Gasteiger partial charge < -0.3 is 4.74 Å². The number of para-hydroxylation sites is 1. The number of benzene rings is 2. The van der Waals surface area contributed by atoms with Crippen LogP contribution in [0.15, 0.2) is 53.4 Å². The van der Waals surface area contributed by atoms with Gasteiger partial charge in [0.15, 0.2) is 5.13 Å². The summed E-state index contributed by atoms with van der Waals surface area (Å²) < 4.78 is 6.78. The minimum atomic E-state index is -0.434. The van der Waals surface area contributed by atoms with Crippen molar-refractivity contribution in [2.24, 2.45) is 0 Å². The van der Waals surface area contributed by atoms with Crippen LogP contribution in [0.2, 0.25) is 0 Å². The second-order valence-corrected chi connectivity index (χ2v) is 8.70. The Morgan fingerprint density at radius 3 is 2.76 bits per heavy atom. The highest BCUT2D eigenvalue weighted by molar-refractivity contribution is 8.00. The molecule has 4 rings (SSSR count). The van der Waals surface area contributed by atoms with Crippen LogP contribution in [-0.2, 0) is 9.53 Å². The van der Waals surface area contributed by atoms with Crippen LogP contribution in [0, 0.1) is 10.1 Å². The Balaban J connectivity index is 1.50. The quantitative estimate of drug-likeness (QED) is 0.312. The molecule has 1 aromatic heterocycles. The molecular formula is C20H19N3O4S2. The molecule has 0 spiro atoms. The predicted octanol–water partition coefficient (Wildman–Crippen LogP) is 4.51. The lowest BCUT2D eigenvalue weighted by Crippen LogP contribution is -2.38. The fourth-order valence-electron chi connectivity index (χ4n) is 3.14. The van der Waals surface area contributed by atoms with Crippen molar-refractivity contribution in [3.05, 3.63) is 58.6 Å². The molecule has 1 saturated heterocycles. The molecule has 1 unspecified atom stereocenters. The van der Waals surface area contributed by atoms with Crippen LogP contribution in [-0.4, -0.2) is 40.8 Å². The van der Waals surface area contributed by atoms with Crippen LogP contribution < -0.4 is 4.90 Å². The first-order valence-corrected chi connectivity index (χ1v) is 11.0. The number of amides is 1. The number of carbonyl (C=O) groups excluding carboxylic acids is 1. The van der Waals surface area contributed by atoms with Gasteiger partial charge in [0, 0.05) is 23.6 Å². The van der Waals surface area contributed by atoms with Crippen LogP contribution >= 0.6 is 23.1 Å². The summed E-state index contributed by atoms with van der Waals surface area (Å²) in [5, 5.41) is 11.5. The van der Waals surface area contributed by atoms with Gasteiger partial charge in [-0.2, -0.15) is 0 Å². The number of nitrogens with zero attached hydrogens (tertiary/aromatic N) is 3. The predicted molar refractivity (Wildman–Crippen MR) is 115 cm³/mol. The van der Waals surface area contributed by atoms with Gasteiger partial charge in [0.2, 0.25) is 5.91 Å². The molecule has 1 aliphatic heterocycles. The number of thiazole rings is 1. The summed E-state index contributed by atoms with van der Waals surface area (Å²) in [6.07, 6.45) is 1.96. The van der Waals surface area contributed by atoms with Gasteiger partial charge in [-0.05, 0) is 37.1 Å². The van der Waals surface area contributed by atoms with E-state index >= 15 is 0 Å². The first-order chi connectivity index (χ1) is 14.1. The van der Waals surface area contributed by atoms with Crippen molar-refractivity contribution < 1.29 is 14.5 Å². The highest BCUT2D eigenvalue weighted by atomic mass is 32.2. The zero-order valence-electron chi connectivity index (χ0n) is 15.5. The summed E-state index contributed by atoms with van der Waals surface area (Å²) in [4.78, 5) is 30.6. The lowest BCUT2D eigenvalue weighted by atomic mass is 10.2. The van der Waals surface area contributed by atoms with Gasteiger partial charge in [0.1, 0.15) is 0 Å². The third-order valence-electron chi connectivity index (χ3n) is 4.63. The van der Waals surface area contributed by atoms with Gasteiger partial charge in [0.05, 0.1) is 33.5 Å². The van der Waals surface area contributed by atoms with Crippen molar-refractivity contribution in [1.29, 1.82) is 0 Å². The number of rotatable bonds is 7. The van der Waals surface area contributed by atoms with Crippen LogP contribution in [0.5, 0.6) is 0 Å². The molecule has 9 heteroatoms. The molecule has 29 heavy (non-hydrogen) atoms. The van der Waals surface area contributed by atoms with E-state index in [0.29, 0.717) is 11.7 Å². The number of hydrogen-bond donors (Lipinski definition) is 0. The van der Waals surface area contributed by atoms with E-state index in [4.69, 9.17) is 4.74 Å². The number of carbonyl (C=O) groups is 1. The smallest absolute Gasteiger partial charge is 0.269 e. The zero-order chi connectivity index (χ0) is 20.2. The number of nitro benzene ring substituents is 1. The molecule has 0 radical (unpaired) electrons. The van der Waals surface area contributed by atoms with E-state index in [0.717, 1.165) is 34.6 Å². The van der Waals surface area contributed by atoms with Crippen LogP contribution in [0.25, 0.3) is 10.2 Å². The lowest BCUT2D eigenvalue weighted by Gasteiger charge is -2.23. The monoisotopic (exact) mass is 429 g/mol. The fourth-order valence-corrected chi connectivity index (χ4v) is 4.91. The molecule has 1 aliphatic rings. The molecule has 1 amide bonds. The third-order valence-corrected chi connectivity index (χ3v) is 6.69. The maximum atomic E-state index is 13.1. The van der Waals surface area contributed by atoms with E-state index in [1.807, 2.05) is 24.3 Å². The summed E-state index contributed by atoms with van der Waals surface area (Å²) in [5.74, 6) is 0.170. The number of anilines is 1. The normalized spacial score (nSPS) is 16.2. The van der Waals surface area contributed by atoms with Gasteiger partial charge in [-0.25, -0.2) is 4.98 Å². The molecule has 2 heterocycles. The molecule has 2 aromatic carbocycles. The van der Waals surface area contributed by atoms with Crippen molar-refractivity contribution in [3.63, 3.8) is 0 Å². The summed E-state index contributed by atoms with van der Waals surface area (Å²) in [6, 6.07) is 14.1. The number of hydrogen-bond acceptors (Lipinski definition) is 7. The van der Waals surface area contributed by atoms with E-state index in [1.165, 1.54) is 35.2 Å². The standard InChI is InChI=1S/C20H19N3O4S2/c24-19(13-28-16-9-7-14(8-10-16)23(25)26)22(12-15-4-3-11-27-15)20-21-17-5-1-2-6-18(17)29-20/h1-2,5-10,15H,3-4,11-13H2. The second-order valence-electron chi connectivity index (χ2n) is 6.64. The van der Waals surface area contributed by atoms with Gasteiger partial charge in [-0.3, -0.25) is 19.8 Å². The maximum absolute atomic E-state index is 13.1. The minimum absolute atomic E-state index is 0.0235. The number of non-ortho nitro benzene ring substituents is 1. The summed E-state index contributed by atoms with van der Waals surface area (Å²) in [5.41, 5.74) is 0.913. The van der Waals surface area contributed by atoms with E-state index in [1.54, 1.807) is 17.0 Å². The summed E-state index contributed by atoms with van der Waals surface area (Å²) >= 11 is 2.86. The van der Waals surface area contributed by atoms with Crippen molar-refractivity contribution in [2.75, 3.05) is 23.8 Å². The SMILES string of the molecule is O=C(CSc1ccc([N+](=O)[O-])cc1)N(CC1CCCO1)c1nc2ccccc2s1. The average molecular weight is 430 g/mol. The van der Waals surface area contributed by atoms with Gasteiger partial charge in [-0.1, -0.05) is 23.5 Å². The summed E-state index contributed by atoms with van der Waals surface area (Å²) in [7, 11) is 0. The van der Waals surface area contributed by atoms with E-state index in [9.17, 15) is 14.9 Å². The van der Waals surface area contributed by atoms with Crippen LogP contribution in [0.3, 0.4) is 0 Å². The third kappa shape index (κ3) is 4.75. The highest BCUT2D eigenvalue weighted by Crippen LogP contribution is 2.31. The van der Waals surface area contributed by atoms with Crippen molar-refractivity contribution in [3.8, 4) is 0 Å². The van der Waals surface area contributed by atoms with Crippen molar-refractivity contribution >= 4 is 50.0 Å². The van der Waals surface area contributed by atoms with Crippen molar-refractivity contribution in [2.45, 2.75) is 23.8 Å².